The van der Waals surface area contributed by atoms with Crippen LogP contribution in [0.25, 0.3) is 11.4 Å². The Morgan fingerprint density at radius 1 is 1.41 bits per heavy atom. The van der Waals surface area contributed by atoms with E-state index >= 15 is 0 Å². The van der Waals surface area contributed by atoms with Crippen LogP contribution in [0.2, 0.25) is 0 Å². The number of hydrogen-bond donors (Lipinski definition) is 2. The molecule has 0 saturated carbocycles. The second-order valence-corrected chi connectivity index (χ2v) is 4.48. The fourth-order valence-corrected chi connectivity index (χ4v) is 2.06. The molecule has 2 rings (SSSR count). The van der Waals surface area contributed by atoms with E-state index < -0.39 is 0 Å². The highest BCUT2D eigenvalue weighted by atomic mass is 32.1. The van der Waals surface area contributed by atoms with Crippen molar-refractivity contribution in [1.29, 1.82) is 0 Å². The summed E-state index contributed by atoms with van der Waals surface area (Å²) in [5, 5.41) is 12.4. The van der Waals surface area contributed by atoms with Crippen LogP contribution in [-0.2, 0) is 0 Å². The zero-order valence-electron chi connectivity index (χ0n) is 9.56. The molecule has 0 unspecified atom stereocenters. The third kappa shape index (κ3) is 3.13. The van der Waals surface area contributed by atoms with Gasteiger partial charge in [-0.05, 0) is 12.5 Å². The van der Waals surface area contributed by atoms with Crippen molar-refractivity contribution in [3.8, 4) is 11.4 Å². The van der Waals surface area contributed by atoms with Crippen molar-refractivity contribution in [2.75, 3.05) is 11.9 Å². The summed E-state index contributed by atoms with van der Waals surface area (Å²) in [5.41, 5.74) is 1.26. The van der Waals surface area contributed by atoms with Crippen LogP contribution in [0.15, 0.2) is 22.3 Å². The molecule has 2 N–H and O–H groups in total. The first kappa shape index (κ1) is 11.8. The van der Waals surface area contributed by atoms with E-state index in [4.69, 9.17) is 0 Å². The van der Waals surface area contributed by atoms with Gasteiger partial charge in [-0.3, -0.25) is 4.79 Å². The summed E-state index contributed by atoms with van der Waals surface area (Å²) in [5.74, 6) is 0. The lowest BCUT2D eigenvalue weighted by atomic mass is 10.3. The van der Waals surface area contributed by atoms with Crippen LogP contribution < -0.4 is 10.9 Å². The monoisotopic (exact) mass is 250 g/mol. The number of aromatic nitrogens is 3. The Hall–Kier alpha value is -1.69. The van der Waals surface area contributed by atoms with Crippen molar-refractivity contribution in [3.05, 3.63) is 27.9 Å². The van der Waals surface area contributed by atoms with Crippen molar-refractivity contribution >= 4 is 16.5 Å². The predicted molar refractivity (Wildman–Crippen MR) is 69.4 cm³/mol. The molecule has 0 saturated heterocycles. The lowest BCUT2D eigenvalue weighted by Crippen LogP contribution is -2.05. The number of rotatable bonds is 5. The zero-order valence-corrected chi connectivity index (χ0v) is 10.4. The highest BCUT2D eigenvalue weighted by Crippen LogP contribution is 2.22. The minimum absolute atomic E-state index is 0.203. The minimum Gasteiger partial charge on any atom is -0.362 e. The maximum Gasteiger partial charge on any atom is 0.264 e. The van der Waals surface area contributed by atoms with Crippen LogP contribution >= 0.6 is 11.3 Å². The van der Waals surface area contributed by atoms with E-state index in [1.54, 1.807) is 17.4 Å². The molecule has 0 aliphatic rings. The first-order valence-electron chi connectivity index (χ1n) is 5.55. The number of thiazole rings is 1. The van der Waals surface area contributed by atoms with Crippen molar-refractivity contribution < 1.29 is 0 Å². The summed E-state index contributed by atoms with van der Waals surface area (Å²) < 4.78 is 0. The largest absolute Gasteiger partial charge is 0.362 e. The molecule has 0 spiro atoms. The molecule has 6 heteroatoms. The number of anilines is 1. The molecule has 2 heterocycles. The number of nitrogens with one attached hydrogen (secondary N) is 2. The van der Waals surface area contributed by atoms with E-state index in [0.717, 1.165) is 30.2 Å². The van der Waals surface area contributed by atoms with E-state index in [9.17, 15) is 4.79 Å². The molecule has 0 aliphatic heterocycles. The number of aromatic amines is 1. The third-order valence-electron chi connectivity index (χ3n) is 2.25. The predicted octanol–water partition coefficient (Wildman–Crippen LogP) is 2.11. The number of H-pyrrole nitrogens is 1. The van der Waals surface area contributed by atoms with Crippen LogP contribution in [0.1, 0.15) is 19.8 Å². The average molecular weight is 250 g/mol. The van der Waals surface area contributed by atoms with Gasteiger partial charge in [-0.2, -0.15) is 5.10 Å². The first-order chi connectivity index (χ1) is 8.29. The van der Waals surface area contributed by atoms with Gasteiger partial charge < -0.3 is 5.32 Å². The smallest absolute Gasteiger partial charge is 0.264 e. The lowest BCUT2D eigenvalue weighted by molar-refractivity contribution is 0.833. The Balaban J connectivity index is 2.07. The van der Waals surface area contributed by atoms with E-state index in [1.165, 1.54) is 6.07 Å². The Labute approximate surface area is 103 Å². The normalized spacial score (nSPS) is 10.4. The summed E-state index contributed by atoms with van der Waals surface area (Å²) in [6.07, 6.45) is 2.29. The second kappa shape index (κ2) is 5.58. The lowest BCUT2D eigenvalue weighted by Gasteiger charge is -1.99. The van der Waals surface area contributed by atoms with Gasteiger partial charge in [0.15, 0.2) is 5.13 Å². The minimum atomic E-state index is -0.203. The summed E-state index contributed by atoms with van der Waals surface area (Å²) in [7, 11) is 0. The molecule has 2 aromatic rings. The molecule has 0 fully saturated rings. The highest BCUT2D eigenvalue weighted by molar-refractivity contribution is 7.14. The molecule has 0 bridgehead atoms. The Bertz CT molecular complexity index is 514. The van der Waals surface area contributed by atoms with E-state index in [2.05, 4.69) is 27.4 Å². The maximum atomic E-state index is 10.9. The summed E-state index contributed by atoms with van der Waals surface area (Å²) in [6, 6.07) is 3.12. The van der Waals surface area contributed by atoms with Crippen LogP contribution in [-0.4, -0.2) is 21.7 Å². The van der Waals surface area contributed by atoms with Gasteiger partial charge in [0.05, 0.1) is 0 Å². The van der Waals surface area contributed by atoms with E-state index in [0.29, 0.717) is 5.69 Å². The average Bonchev–Trinajstić information content (AvgIpc) is 2.79. The van der Waals surface area contributed by atoms with Gasteiger partial charge in [0.1, 0.15) is 11.4 Å². The summed E-state index contributed by atoms with van der Waals surface area (Å²) in [6.45, 7) is 3.09. The van der Waals surface area contributed by atoms with Gasteiger partial charge >= 0.3 is 0 Å². The van der Waals surface area contributed by atoms with Crippen LogP contribution in [0.3, 0.4) is 0 Å². The fourth-order valence-electron chi connectivity index (χ4n) is 1.33. The van der Waals surface area contributed by atoms with Crippen LogP contribution in [0, 0.1) is 0 Å². The number of nitrogens with zero attached hydrogens (tertiary/aromatic N) is 2. The van der Waals surface area contributed by atoms with Gasteiger partial charge in [0.2, 0.25) is 0 Å². The van der Waals surface area contributed by atoms with Gasteiger partial charge in [0, 0.05) is 18.0 Å². The van der Waals surface area contributed by atoms with Crippen LogP contribution in [0.5, 0.6) is 0 Å². The fraction of sp³-hybridized carbons (Fsp3) is 0.364. The first-order valence-corrected chi connectivity index (χ1v) is 6.43. The third-order valence-corrected chi connectivity index (χ3v) is 3.05. The molecule has 5 nitrogen and oxygen atoms in total. The number of hydrogen-bond acceptors (Lipinski definition) is 5. The van der Waals surface area contributed by atoms with Gasteiger partial charge in [-0.25, -0.2) is 10.1 Å². The van der Waals surface area contributed by atoms with E-state index in [1.807, 2.05) is 5.38 Å². The SMILES string of the molecule is CCCCNc1nc(-c2ccc(=O)[nH]n2)cs1. The molecule has 0 amide bonds. The molecule has 0 radical (unpaired) electrons. The van der Waals surface area contributed by atoms with Gasteiger partial charge in [-0.15, -0.1) is 11.3 Å². The molecule has 90 valence electrons. The maximum absolute atomic E-state index is 10.9. The van der Waals surface area contributed by atoms with Crippen molar-refractivity contribution in [2.45, 2.75) is 19.8 Å². The number of unbranched alkanes of at least 4 members (excludes halogenated alkanes) is 1. The quantitative estimate of drug-likeness (QED) is 0.797. The molecule has 0 aromatic carbocycles. The standard InChI is InChI=1S/C11H14N4OS/c1-2-3-6-12-11-13-9(7-17-11)8-4-5-10(16)15-14-8/h4-5,7H,2-3,6H2,1H3,(H,12,13)(H,15,16). The summed E-state index contributed by atoms with van der Waals surface area (Å²) in [4.78, 5) is 15.3. The van der Waals surface area contributed by atoms with Crippen molar-refractivity contribution in [2.24, 2.45) is 0 Å². The Kier molecular flexibility index (Phi) is 3.87. The molecule has 0 aliphatic carbocycles. The molecular weight excluding hydrogens is 236 g/mol. The Morgan fingerprint density at radius 2 is 2.29 bits per heavy atom. The molecule has 0 atom stereocenters. The summed E-state index contributed by atoms with van der Waals surface area (Å²) >= 11 is 1.54. The van der Waals surface area contributed by atoms with Gasteiger partial charge in [-0.1, -0.05) is 13.3 Å². The topological polar surface area (TPSA) is 70.7 Å². The molecular formula is C11H14N4OS. The van der Waals surface area contributed by atoms with Crippen molar-refractivity contribution in [1.82, 2.24) is 15.2 Å². The highest BCUT2D eigenvalue weighted by Gasteiger charge is 2.05. The Morgan fingerprint density at radius 3 is 3.00 bits per heavy atom. The van der Waals surface area contributed by atoms with Crippen LogP contribution in [0.4, 0.5) is 5.13 Å². The van der Waals surface area contributed by atoms with Crippen molar-refractivity contribution in [3.63, 3.8) is 0 Å². The van der Waals surface area contributed by atoms with E-state index in [-0.39, 0.29) is 5.56 Å². The molecule has 17 heavy (non-hydrogen) atoms. The second-order valence-electron chi connectivity index (χ2n) is 3.62. The van der Waals surface area contributed by atoms with Gasteiger partial charge in [0.25, 0.3) is 5.56 Å². The zero-order chi connectivity index (χ0) is 12.1. The molecule has 2 aromatic heterocycles.